The van der Waals surface area contributed by atoms with Crippen molar-refractivity contribution in [2.45, 2.75) is 12.8 Å². The standard InChI is InChI=1S/C16H23N3O3/c1-18(2)8-3-9-19-11-12(10-15(19)21)16(22)17-13-4-6-14(20)7-5-13/h4-7,12,20H,3,8-11H2,1-2H3,(H,17,22). The summed E-state index contributed by atoms with van der Waals surface area (Å²) in [4.78, 5) is 28.0. The van der Waals surface area contributed by atoms with E-state index in [4.69, 9.17) is 0 Å². The van der Waals surface area contributed by atoms with Crippen molar-refractivity contribution in [3.63, 3.8) is 0 Å². The predicted molar refractivity (Wildman–Crippen MR) is 84.6 cm³/mol. The summed E-state index contributed by atoms with van der Waals surface area (Å²) >= 11 is 0. The van der Waals surface area contributed by atoms with Crippen LogP contribution in [0.3, 0.4) is 0 Å². The molecule has 1 atom stereocenters. The summed E-state index contributed by atoms with van der Waals surface area (Å²) < 4.78 is 0. The number of nitrogens with one attached hydrogen (secondary N) is 1. The van der Waals surface area contributed by atoms with Crippen molar-refractivity contribution in [1.29, 1.82) is 0 Å². The molecule has 0 bridgehead atoms. The van der Waals surface area contributed by atoms with E-state index in [0.717, 1.165) is 13.0 Å². The Labute approximate surface area is 130 Å². The molecule has 0 radical (unpaired) electrons. The number of rotatable bonds is 6. The number of likely N-dealkylation sites (tertiary alicyclic amines) is 1. The van der Waals surface area contributed by atoms with Gasteiger partial charge in [-0.05, 0) is 51.3 Å². The molecule has 1 fully saturated rings. The van der Waals surface area contributed by atoms with E-state index < -0.39 is 0 Å². The minimum atomic E-state index is -0.305. The second kappa shape index (κ2) is 7.26. The number of aromatic hydroxyl groups is 1. The molecule has 0 spiro atoms. The Morgan fingerprint density at radius 3 is 2.68 bits per heavy atom. The van der Waals surface area contributed by atoms with Gasteiger partial charge >= 0.3 is 0 Å². The lowest BCUT2D eigenvalue weighted by Crippen LogP contribution is -2.30. The molecule has 1 aliphatic rings. The number of carbonyl (C=O) groups excluding carboxylic acids is 2. The molecule has 1 aromatic rings. The highest BCUT2D eigenvalue weighted by molar-refractivity contribution is 5.97. The van der Waals surface area contributed by atoms with Crippen LogP contribution in [0.4, 0.5) is 5.69 Å². The molecule has 2 amide bonds. The number of hydrogen-bond donors (Lipinski definition) is 2. The van der Waals surface area contributed by atoms with Crippen LogP contribution in [0, 0.1) is 5.92 Å². The van der Waals surface area contributed by atoms with Crippen molar-refractivity contribution < 1.29 is 14.7 Å². The van der Waals surface area contributed by atoms with E-state index in [1.807, 2.05) is 14.1 Å². The lowest BCUT2D eigenvalue weighted by Gasteiger charge is -2.18. The van der Waals surface area contributed by atoms with Crippen LogP contribution < -0.4 is 5.32 Å². The summed E-state index contributed by atoms with van der Waals surface area (Å²) in [6, 6.07) is 6.31. The highest BCUT2D eigenvalue weighted by Gasteiger charge is 2.33. The Kier molecular flexibility index (Phi) is 5.38. The smallest absolute Gasteiger partial charge is 0.229 e. The third-order valence-corrected chi connectivity index (χ3v) is 3.75. The van der Waals surface area contributed by atoms with Crippen LogP contribution >= 0.6 is 0 Å². The van der Waals surface area contributed by atoms with Gasteiger partial charge in [0.1, 0.15) is 5.75 Å². The van der Waals surface area contributed by atoms with Crippen molar-refractivity contribution in [3.8, 4) is 5.75 Å². The first kappa shape index (κ1) is 16.3. The molecule has 1 saturated heterocycles. The molecule has 6 heteroatoms. The van der Waals surface area contributed by atoms with Gasteiger partial charge in [-0.15, -0.1) is 0 Å². The summed E-state index contributed by atoms with van der Waals surface area (Å²) in [6.45, 7) is 2.10. The van der Waals surface area contributed by atoms with Crippen LogP contribution in [0.15, 0.2) is 24.3 Å². The maximum Gasteiger partial charge on any atom is 0.229 e. The first-order chi connectivity index (χ1) is 10.5. The number of carbonyl (C=O) groups is 2. The van der Waals surface area contributed by atoms with E-state index >= 15 is 0 Å². The lowest BCUT2D eigenvalue weighted by molar-refractivity contribution is -0.128. The quantitative estimate of drug-likeness (QED) is 0.773. The molecule has 2 N–H and O–H groups in total. The van der Waals surface area contributed by atoms with Crippen LogP contribution in [0.2, 0.25) is 0 Å². The van der Waals surface area contributed by atoms with Crippen LogP contribution in [0.25, 0.3) is 0 Å². The average Bonchev–Trinajstić information content (AvgIpc) is 2.83. The molecule has 1 aromatic carbocycles. The Morgan fingerprint density at radius 2 is 2.05 bits per heavy atom. The zero-order valence-electron chi connectivity index (χ0n) is 13.1. The molecular weight excluding hydrogens is 282 g/mol. The number of benzene rings is 1. The van der Waals surface area contributed by atoms with Gasteiger partial charge in [-0.1, -0.05) is 0 Å². The summed E-state index contributed by atoms with van der Waals surface area (Å²) in [7, 11) is 4.00. The molecule has 0 saturated carbocycles. The Morgan fingerprint density at radius 1 is 1.36 bits per heavy atom. The number of phenolic OH excluding ortho intramolecular Hbond substituents is 1. The Balaban J connectivity index is 1.84. The topological polar surface area (TPSA) is 72.9 Å². The Bertz CT molecular complexity index is 528. The van der Waals surface area contributed by atoms with Crippen LogP contribution in [-0.4, -0.2) is 60.5 Å². The van der Waals surface area contributed by atoms with E-state index in [1.165, 1.54) is 12.1 Å². The van der Waals surface area contributed by atoms with Crippen molar-refractivity contribution in [3.05, 3.63) is 24.3 Å². The number of phenols is 1. The molecule has 0 aliphatic carbocycles. The number of anilines is 1. The largest absolute Gasteiger partial charge is 0.508 e. The van der Waals surface area contributed by atoms with E-state index in [2.05, 4.69) is 10.2 Å². The molecule has 0 aromatic heterocycles. The monoisotopic (exact) mass is 305 g/mol. The molecule has 6 nitrogen and oxygen atoms in total. The first-order valence-corrected chi connectivity index (χ1v) is 7.48. The van der Waals surface area contributed by atoms with Crippen LogP contribution in [0.5, 0.6) is 5.75 Å². The third kappa shape index (κ3) is 4.46. The van der Waals surface area contributed by atoms with Gasteiger partial charge in [0, 0.05) is 25.2 Å². The van der Waals surface area contributed by atoms with E-state index in [-0.39, 0.29) is 29.9 Å². The van der Waals surface area contributed by atoms with Gasteiger partial charge in [0.25, 0.3) is 0 Å². The number of nitrogens with zero attached hydrogens (tertiary/aromatic N) is 2. The van der Waals surface area contributed by atoms with Crippen molar-refractivity contribution in [2.24, 2.45) is 5.92 Å². The third-order valence-electron chi connectivity index (χ3n) is 3.75. The van der Waals surface area contributed by atoms with Gasteiger partial charge < -0.3 is 20.2 Å². The molecule has 120 valence electrons. The van der Waals surface area contributed by atoms with Crippen molar-refractivity contribution >= 4 is 17.5 Å². The Hall–Kier alpha value is -2.08. The average molecular weight is 305 g/mol. The summed E-state index contributed by atoms with van der Waals surface area (Å²) in [5.74, 6) is -0.250. The normalized spacial score (nSPS) is 18.0. The predicted octanol–water partition coefficient (Wildman–Crippen LogP) is 1.13. The fourth-order valence-corrected chi connectivity index (χ4v) is 2.53. The second-order valence-corrected chi connectivity index (χ2v) is 5.93. The SMILES string of the molecule is CN(C)CCCN1CC(C(=O)Nc2ccc(O)cc2)CC1=O. The van der Waals surface area contributed by atoms with Gasteiger partial charge in [-0.3, -0.25) is 9.59 Å². The minimum absolute atomic E-state index is 0.0459. The van der Waals surface area contributed by atoms with Crippen molar-refractivity contribution in [2.75, 3.05) is 39.0 Å². The van der Waals surface area contributed by atoms with Gasteiger partial charge in [-0.2, -0.15) is 0 Å². The summed E-state index contributed by atoms with van der Waals surface area (Å²) in [6.07, 6.45) is 1.18. The number of amides is 2. The lowest BCUT2D eigenvalue weighted by atomic mass is 10.1. The van der Waals surface area contributed by atoms with Crippen LogP contribution in [0.1, 0.15) is 12.8 Å². The van der Waals surface area contributed by atoms with E-state index in [9.17, 15) is 14.7 Å². The summed E-state index contributed by atoms with van der Waals surface area (Å²) in [5.41, 5.74) is 0.626. The zero-order chi connectivity index (χ0) is 16.1. The molecule has 1 heterocycles. The van der Waals surface area contributed by atoms with Crippen molar-refractivity contribution in [1.82, 2.24) is 9.80 Å². The fraction of sp³-hybridized carbons (Fsp3) is 0.500. The maximum absolute atomic E-state index is 12.2. The van der Waals surface area contributed by atoms with E-state index in [0.29, 0.717) is 18.8 Å². The molecule has 1 aliphatic heterocycles. The van der Waals surface area contributed by atoms with Gasteiger partial charge in [0.15, 0.2) is 0 Å². The molecule has 1 unspecified atom stereocenters. The van der Waals surface area contributed by atoms with Crippen LogP contribution in [-0.2, 0) is 9.59 Å². The highest BCUT2D eigenvalue weighted by atomic mass is 16.3. The molecule has 2 rings (SSSR count). The van der Waals surface area contributed by atoms with Gasteiger partial charge in [0.05, 0.1) is 5.92 Å². The highest BCUT2D eigenvalue weighted by Crippen LogP contribution is 2.21. The van der Waals surface area contributed by atoms with Gasteiger partial charge in [0.2, 0.25) is 11.8 Å². The number of hydrogen-bond acceptors (Lipinski definition) is 4. The van der Waals surface area contributed by atoms with Gasteiger partial charge in [-0.25, -0.2) is 0 Å². The molecular formula is C16H23N3O3. The summed E-state index contributed by atoms with van der Waals surface area (Å²) in [5, 5.41) is 12.0. The van der Waals surface area contributed by atoms with E-state index in [1.54, 1.807) is 17.0 Å². The second-order valence-electron chi connectivity index (χ2n) is 5.93. The zero-order valence-corrected chi connectivity index (χ0v) is 13.1. The maximum atomic E-state index is 12.2. The molecule has 22 heavy (non-hydrogen) atoms. The fourth-order valence-electron chi connectivity index (χ4n) is 2.53. The minimum Gasteiger partial charge on any atom is -0.508 e. The first-order valence-electron chi connectivity index (χ1n) is 7.48.